The number of hydrogen-bond donors (Lipinski definition) is 1. The minimum absolute atomic E-state index is 0.0845. The fourth-order valence-electron chi connectivity index (χ4n) is 2.30. The number of halogens is 1. The molecule has 1 heterocycles. The molecule has 18 heavy (non-hydrogen) atoms. The summed E-state index contributed by atoms with van der Waals surface area (Å²) < 4.78 is 19.0. The van der Waals surface area contributed by atoms with Gasteiger partial charge in [-0.25, -0.2) is 4.39 Å². The lowest BCUT2D eigenvalue weighted by Crippen LogP contribution is -2.31. The van der Waals surface area contributed by atoms with Crippen molar-refractivity contribution in [2.45, 2.75) is 33.2 Å². The molecule has 2 rings (SSSR count). The molecule has 1 aromatic heterocycles. The highest BCUT2D eigenvalue weighted by Gasteiger charge is 2.30. The van der Waals surface area contributed by atoms with Gasteiger partial charge < -0.3 is 9.73 Å². The molecule has 0 spiro atoms. The van der Waals surface area contributed by atoms with Crippen LogP contribution in [0, 0.1) is 11.2 Å². The molecule has 0 amide bonds. The molecule has 0 aliphatic rings. The smallest absolute Gasteiger partial charge is 0.134 e. The summed E-state index contributed by atoms with van der Waals surface area (Å²) in [6, 6.07) is 6.66. The van der Waals surface area contributed by atoms with Gasteiger partial charge >= 0.3 is 0 Å². The summed E-state index contributed by atoms with van der Waals surface area (Å²) in [7, 11) is 1.93. The summed E-state index contributed by atoms with van der Waals surface area (Å²) in [6.07, 6.45) is 1.03. The van der Waals surface area contributed by atoms with Crippen LogP contribution >= 0.6 is 0 Å². The van der Waals surface area contributed by atoms with E-state index in [0.29, 0.717) is 0 Å². The van der Waals surface area contributed by atoms with Gasteiger partial charge in [0.25, 0.3) is 0 Å². The third-order valence-electron chi connectivity index (χ3n) is 3.76. The molecule has 0 bridgehead atoms. The van der Waals surface area contributed by atoms with Crippen LogP contribution in [0.3, 0.4) is 0 Å². The third-order valence-corrected chi connectivity index (χ3v) is 3.76. The summed E-state index contributed by atoms with van der Waals surface area (Å²) in [5, 5.41) is 4.11. The highest BCUT2D eigenvalue weighted by atomic mass is 19.1. The van der Waals surface area contributed by atoms with Gasteiger partial charge in [0.15, 0.2) is 0 Å². The van der Waals surface area contributed by atoms with Gasteiger partial charge in [-0.05, 0) is 43.1 Å². The Balaban J connectivity index is 2.46. The molecule has 1 aromatic carbocycles. The third kappa shape index (κ3) is 2.27. The van der Waals surface area contributed by atoms with Crippen LogP contribution in [0.15, 0.2) is 28.7 Å². The van der Waals surface area contributed by atoms with Crippen molar-refractivity contribution in [1.29, 1.82) is 0 Å². The van der Waals surface area contributed by atoms with Crippen molar-refractivity contribution in [3.8, 4) is 0 Å². The maximum absolute atomic E-state index is 13.2. The Morgan fingerprint density at radius 3 is 2.67 bits per heavy atom. The molecule has 0 saturated carbocycles. The molecule has 2 aromatic rings. The normalized spacial score (nSPS) is 14.1. The quantitative estimate of drug-likeness (QED) is 0.875. The van der Waals surface area contributed by atoms with Crippen molar-refractivity contribution >= 4 is 11.0 Å². The zero-order valence-corrected chi connectivity index (χ0v) is 11.4. The van der Waals surface area contributed by atoms with E-state index < -0.39 is 0 Å². The molecule has 3 heteroatoms. The lowest BCUT2D eigenvalue weighted by molar-refractivity contribution is 0.219. The van der Waals surface area contributed by atoms with Crippen molar-refractivity contribution in [2.75, 3.05) is 7.05 Å². The highest BCUT2D eigenvalue weighted by molar-refractivity contribution is 5.78. The van der Waals surface area contributed by atoms with Crippen LogP contribution in [0.1, 0.15) is 39.0 Å². The number of rotatable bonds is 4. The topological polar surface area (TPSA) is 25.2 Å². The van der Waals surface area contributed by atoms with E-state index in [2.05, 4.69) is 26.1 Å². The van der Waals surface area contributed by atoms with Crippen LogP contribution in [-0.2, 0) is 0 Å². The Morgan fingerprint density at radius 1 is 1.33 bits per heavy atom. The van der Waals surface area contributed by atoms with Gasteiger partial charge in [0, 0.05) is 5.39 Å². The second kappa shape index (κ2) is 4.73. The summed E-state index contributed by atoms with van der Waals surface area (Å²) in [6.45, 7) is 6.55. The molecule has 0 fully saturated rings. The van der Waals surface area contributed by atoms with Gasteiger partial charge in [-0.3, -0.25) is 0 Å². The molecule has 2 nitrogen and oxygen atoms in total. The van der Waals surface area contributed by atoms with E-state index in [1.807, 2.05) is 13.1 Å². The molecule has 98 valence electrons. The predicted octanol–water partition coefficient (Wildman–Crippen LogP) is 4.27. The van der Waals surface area contributed by atoms with E-state index in [0.717, 1.165) is 23.2 Å². The van der Waals surface area contributed by atoms with Crippen LogP contribution < -0.4 is 5.32 Å². The number of hydrogen-bond acceptors (Lipinski definition) is 2. The first-order valence-corrected chi connectivity index (χ1v) is 6.34. The SMILES string of the molecule is CCC(C)(C)C(NC)c1cc2cc(F)ccc2o1. The van der Waals surface area contributed by atoms with E-state index in [-0.39, 0.29) is 17.3 Å². The second-order valence-electron chi connectivity index (χ2n) is 5.39. The zero-order chi connectivity index (χ0) is 13.3. The first-order valence-electron chi connectivity index (χ1n) is 6.34. The van der Waals surface area contributed by atoms with E-state index in [4.69, 9.17) is 4.42 Å². The van der Waals surface area contributed by atoms with E-state index in [1.54, 1.807) is 6.07 Å². The van der Waals surface area contributed by atoms with Crippen LogP contribution in [0.4, 0.5) is 4.39 Å². The number of fused-ring (bicyclic) bond motifs is 1. The average Bonchev–Trinajstić information content (AvgIpc) is 2.72. The first kappa shape index (κ1) is 13.1. The largest absolute Gasteiger partial charge is 0.459 e. The number of furan rings is 1. The molecule has 0 radical (unpaired) electrons. The Bertz CT molecular complexity index is 544. The van der Waals surface area contributed by atoms with Gasteiger partial charge in [0.05, 0.1) is 6.04 Å². The van der Waals surface area contributed by atoms with Gasteiger partial charge in [-0.2, -0.15) is 0 Å². The predicted molar refractivity (Wildman–Crippen MR) is 72.0 cm³/mol. The van der Waals surface area contributed by atoms with E-state index >= 15 is 0 Å². The zero-order valence-electron chi connectivity index (χ0n) is 11.4. The highest BCUT2D eigenvalue weighted by Crippen LogP contribution is 2.38. The molecule has 0 aliphatic carbocycles. The van der Waals surface area contributed by atoms with Crippen LogP contribution in [0.25, 0.3) is 11.0 Å². The van der Waals surface area contributed by atoms with Gasteiger partial charge in [0.1, 0.15) is 17.2 Å². The maximum atomic E-state index is 13.2. The van der Waals surface area contributed by atoms with E-state index in [1.165, 1.54) is 12.1 Å². The molecule has 0 aliphatic heterocycles. The lowest BCUT2D eigenvalue weighted by atomic mass is 9.80. The Morgan fingerprint density at radius 2 is 2.06 bits per heavy atom. The van der Waals surface area contributed by atoms with Crippen LogP contribution in [-0.4, -0.2) is 7.05 Å². The molecule has 0 saturated heterocycles. The molecular weight excluding hydrogens is 229 g/mol. The fourth-order valence-corrected chi connectivity index (χ4v) is 2.30. The maximum Gasteiger partial charge on any atom is 0.134 e. The Kier molecular flexibility index (Phi) is 3.44. The van der Waals surface area contributed by atoms with Crippen molar-refractivity contribution < 1.29 is 8.81 Å². The summed E-state index contributed by atoms with van der Waals surface area (Å²) >= 11 is 0. The minimum Gasteiger partial charge on any atom is -0.459 e. The average molecular weight is 249 g/mol. The molecule has 1 unspecified atom stereocenters. The van der Waals surface area contributed by atoms with Gasteiger partial charge in [-0.15, -0.1) is 0 Å². The Labute approximate surface area is 107 Å². The fraction of sp³-hybridized carbons (Fsp3) is 0.467. The van der Waals surface area contributed by atoms with Crippen LogP contribution in [0.2, 0.25) is 0 Å². The first-order chi connectivity index (χ1) is 8.47. The lowest BCUT2D eigenvalue weighted by Gasteiger charge is -2.31. The standard InChI is InChI=1S/C15H20FNO/c1-5-15(2,3)14(17-4)13-9-10-8-11(16)6-7-12(10)18-13/h6-9,14,17H,5H2,1-4H3. The van der Waals surface area contributed by atoms with Gasteiger partial charge in [0.2, 0.25) is 0 Å². The number of benzene rings is 1. The monoisotopic (exact) mass is 249 g/mol. The summed E-state index contributed by atoms with van der Waals surface area (Å²) in [4.78, 5) is 0. The van der Waals surface area contributed by atoms with Crippen LogP contribution in [0.5, 0.6) is 0 Å². The summed E-state index contributed by atoms with van der Waals surface area (Å²) in [5.41, 5.74) is 0.819. The van der Waals surface area contributed by atoms with Crippen molar-refractivity contribution in [1.82, 2.24) is 5.32 Å². The molecule has 1 N–H and O–H groups in total. The van der Waals surface area contributed by atoms with E-state index in [9.17, 15) is 4.39 Å². The van der Waals surface area contributed by atoms with Crippen molar-refractivity contribution in [2.24, 2.45) is 5.41 Å². The van der Waals surface area contributed by atoms with Gasteiger partial charge in [-0.1, -0.05) is 20.8 Å². The summed E-state index contributed by atoms with van der Waals surface area (Å²) in [5.74, 6) is 0.635. The molecule has 1 atom stereocenters. The van der Waals surface area contributed by atoms with Crippen molar-refractivity contribution in [3.05, 3.63) is 35.8 Å². The minimum atomic E-state index is -0.231. The number of nitrogens with one attached hydrogen (secondary N) is 1. The second-order valence-corrected chi connectivity index (χ2v) is 5.39. The Hall–Kier alpha value is -1.35. The van der Waals surface area contributed by atoms with Crippen molar-refractivity contribution in [3.63, 3.8) is 0 Å². The molecular formula is C15H20FNO.